The minimum atomic E-state index is -0.259. The number of benzene rings is 2. The molecule has 162 valence electrons. The smallest absolute Gasteiger partial charge is 0.260 e. The Morgan fingerprint density at radius 1 is 1.10 bits per heavy atom. The highest BCUT2D eigenvalue weighted by atomic mass is 35.5. The maximum Gasteiger partial charge on any atom is 0.260 e. The third-order valence-electron chi connectivity index (χ3n) is 4.86. The van der Waals surface area contributed by atoms with Crippen LogP contribution < -0.4 is 10.1 Å². The molecule has 0 aliphatic heterocycles. The quantitative estimate of drug-likeness (QED) is 0.565. The zero-order valence-electron chi connectivity index (χ0n) is 17.8. The maximum absolute atomic E-state index is 12.6. The third-order valence-corrected chi connectivity index (χ3v) is 5.16. The van der Waals surface area contributed by atoms with E-state index in [0.717, 1.165) is 11.4 Å². The molecule has 1 N–H and O–H groups in total. The summed E-state index contributed by atoms with van der Waals surface area (Å²) in [4.78, 5) is 26.3. The van der Waals surface area contributed by atoms with Crippen molar-refractivity contribution < 1.29 is 14.3 Å². The van der Waals surface area contributed by atoms with Crippen LogP contribution in [0, 0.1) is 6.92 Å². The summed E-state index contributed by atoms with van der Waals surface area (Å²) in [6, 6.07) is 14.0. The van der Waals surface area contributed by atoms with Crippen LogP contribution in [0.1, 0.15) is 29.9 Å². The van der Waals surface area contributed by atoms with Crippen LogP contribution in [0.3, 0.4) is 0 Å². The predicted molar refractivity (Wildman–Crippen MR) is 121 cm³/mol. The molecule has 1 aromatic heterocycles. The monoisotopic (exact) mass is 440 g/mol. The van der Waals surface area contributed by atoms with Gasteiger partial charge in [-0.1, -0.05) is 11.6 Å². The second-order valence-electron chi connectivity index (χ2n) is 6.89. The van der Waals surface area contributed by atoms with Gasteiger partial charge in [0.1, 0.15) is 5.75 Å². The lowest BCUT2D eigenvalue weighted by Crippen LogP contribution is -2.34. The van der Waals surface area contributed by atoms with E-state index in [1.165, 1.54) is 0 Å². The number of amides is 2. The normalized spacial score (nSPS) is 10.6. The van der Waals surface area contributed by atoms with Gasteiger partial charge >= 0.3 is 0 Å². The zero-order chi connectivity index (χ0) is 22.4. The summed E-state index contributed by atoms with van der Waals surface area (Å²) in [7, 11) is 0. The first-order chi connectivity index (χ1) is 14.9. The number of aryl methyl sites for hydroxylation is 1. The summed E-state index contributed by atoms with van der Waals surface area (Å²) < 4.78 is 7.34. The van der Waals surface area contributed by atoms with Crippen molar-refractivity contribution in [3.8, 4) is 11.4 Å². The topological polar surface area (TPSA) is 76.5 Å². The summed E-state index contributed by atoms with van der Waals surface area (Å²) in [5.41, 5.74) is 2.93. The Bertz CT molecular complexity index is 1060. The first-order valence-electron chi connectivity index (χ1n) is 10.1. The Morgan fingerprint density at radius 2 is 1.81 bits per heavy atom. The fraction of sp³-hybridized carbons (Fsp3) is 0.261. The van der Waals surface area contributed by atoms with Crippen molar-refractivity contribution in [2.45, 2.75) is 20.8 Å². The Labute approximate surface area is 186 Å². The first-order valence-corrected chi connectivity index (χ1v) is 10.4. The highest BCUT2D eigenvalue weighted by Crippen LogP contribution is 2.28. The van der Waals surface area contributed by atoms with Crippen LogP contribution in [-0.2, 0) is 4.79 Å². The van der Waals surface area contributed by atoms with Gasteiger partial charge in [0.05, 0.1) is 10.7 Å². The van der Waals surface area contributed by atoms with Crippen molar-refractivity contribution in [2.24, 2.45) is 0 Å². The molecule has 0 saturated heterocycles. The summed E-state index contributed by atoms with van der Waals surface area (Å²) >= 11 is 6.27. The minimum absolute atomic E-state index is 0.0881. The van der Waals surface area contributed by atoms with Crippen LogP contribution in [0.5, 0.6) is 5.75 Å². The Morgan fingerprint density at radius 3 is 2.39 bits per heavy atom. The van der Waals surface area contributed by atoms with E-state index < -0.39 is 0 Å². The maximum atomic E-state index is 12.6. The molecule has 0 saturated carbocycles. The van der Waals surface area contributed by atoms with Crippen LogP contribution in [0.15, 0.2) is 54.7 Å². The van der Waals surface area contributed by atoms with Gasteiger partial charge in [0, 0.05) is 36.2 Å². The highest BCUT2D eigenvalue weighted by molar-refractivity contribution is 6.32. The number of hydrogen-bond donors (Lipinski definition) is 1. The highest BCUT2D eigenvalue weighted by Gasteiger charge is 2.13. The Hall–Kier alpha value is -3.32. The number of halogens is 1. The number of nitrogens with one attached hydrogen (secondary N) is 1. The molecule has 2 aromatic carbocycles. The molecule has 0 aliphatic carbocycles. The second-order valence-corrected chi connectivity index (χ2v) is 7.29. The largest absolute Gasteiger partial charge is 0.482 e. The Kier molecular flexibility index (Phi) is 7.31. The van der Waals surface area contributed by atoms with Gasteiger partial charge in [-0.2, -0.15) is 5.10 Å². The number of hydrogen-bond acceptors (Lipinski definition) is 4. The van der Waals surface area contributed by atoms with Gasteiger partial charge in [-0.25, -0.2) is 4.68 Å². The molecule has 0 unspecified atom stereocenters. The standard InChI is InChI=1S/C23H25ClN4O3/c1-4-27(5-2)22(29)15-31-21-11-8-18(14-20(21)24)26-23(30)17-6-9-19(10-7-17)28-16(3)12-13-25-28/h6-14H,4-5,15H2,1-3H3,(H,26,30). The average molecular weight is 441 g/mol. The average Bonchev–Trinajstić information content (AvgIpc) is 3.20. The molecule has 0 atom stereocenters. The summed E-state index contributed by atoms with van der Waals surface area (Å²) in [6.45, 7) is 6.95. The molecular formula is C23H25ClN4O3. The third kappa shape index (κ3) is 5.44. The van der Waals surface area contributed by atoms with Crippen LogP contribution in [-0.4, -0.2) is 46.2 Å². The van der Waals surface area contributed by atoms with Gasteiger partial charge in [0.2, 0.25) is 0 Å². The number of likely N-dealkylation sites (N-methyl/N-ethyl adjacent to an activating group) is 1. The lowest BCUT2D eigenvalue weighted by molar-refractivity contribution is -0.132. The number of anilines is 1. The van der Waals surface area contributed by atoms with Gasteiger partial charge in [-0.3, -0.25) is 9.59 Å². The van der Waals surface area contributed by atoms with Crippen molar-refractivity contribution in [3.05, 3.63) is 71.0 Å². The zero-order valence-corrected chi connectivity index (χ0v) is 18.5. The molecule has 0 aliphatic rings. The molecule has 3 aromatic rings. The van der Waals surface area contributed by atoms with Gasteiger partial charge in [-0.05, 0) is 69.3 Å². The van der Waals surface area contributed by atoms with Crippen LogP contribution in [0.2, 0.25) is 5.02 Å². The predicted octanol–water partition coefficient (Wildman–Crippen LogP) is 4.33. The van der Waals surface area contributed by atoms with E-state index in [1.807, 2.05) is 39.0 Å². The van der Waals surface area contributed by atoms with Crippen molar-refractivity contribution in [1.82, 2.24) is 14.7 Å². The van der Waals surface area contributed by atoms with E-state index in [1.54, 1.807) is 46.1 Å². The van der Waals surface area contributed by atoms with Crippen LogP contribution >= 0.6 is 11.6 Å². The molecule has 3 rings (SSSR count). The molecule has 31 heavy (non-hydrogen) atoms. The van der Waals surface area contributed by atoms with Gasteiger partial charge in [0.15, 0.2) is 6.61 Å². The number of carbonyl (C=O) groups is 2. The molecule has 8 heteroatoms. The van der Waals surface area contributed by atoms with E-state index in [4.69, 9.17) is 16.3 Å². The number of rotatable bonds is 8. The van der Waals surface area contributed by atoms with E-state index in [9.17, 15) is 9.59 Å². The van der Waals surface area contributed by atoms with Crippen molar-refractivity contribution in [2.75, 3.05) is 25.0 Å². The number of nitrogens with zero attached hydrogens (tertiary/aromatic N) is 3. The minimum Gasteiger partial charge on any atom is -0.482 e. The summed E-state index contributed by atoms with van der Waals surface area (Å²) in [5.74, 6) is 0.0245. The molecule has 2 amide bonds. The number of ether oxygens (including phenoxy) is 1. The first kappa shape index (κ1) is 22.4. The van der Waals surface area contributed by atoms with Crippen LogP contribution in [0.4, 0.5) is 5.69 Å². The van der Waals surface area contributed by atoms with E-state index >= 15 is 0 Å². The number of carbonyl (C=O) groups excluding carboxylic acids is 2. The van der Waals surface area contributed by atoms with Gasteiger partial charge in [0.25, 0.3) is 11.8 Å². The molecular weight excluding hydrogens is 416 g/mol. The van der Waals surface area contributed by atoms with Gasteiger partial charge in [-0.15, -0.1) is 0 Å². The molecule has 0 bridgehead atoms. The van der Waals surface area contributed by atoms with Crippen LogP contribution in [0.25, 0.3) is 5.69 Å². The lowest BCUT2D eigenvalue weighted by atomic mass is 10.2. The second kappa shape index (κ2) is 10.1. The fourth-order valence-electron chi connectivity index (χ4n) is 3.10. The molecule has 0 fully saturated rings. The summed E-state index contributed by atoms with van der Waals surface area (Å²) in [5, 5.41) is 7.39. The van der Waals surface area contributed by atoms with E-state index in [0.29, 0.717) is 35.1 Å². The molecule has 0 radical (unpaired) electrons. The van der Waals surface area contributed by atoms with Crippen molar-refractivity contribution >= 4 is 29.1 Å². The molecule has 0 spiro atoms. The SMILES string of the molecule is CCN(CC)C(=O)COc1ccc(NC(=O)c2ccc(-n3nccc3C)cc2)cc1Cl. The Balaban J connectivity index is 1.62. The number of aromatic nitrogens is 2. The lowest BCUT2D eigenvalue weighted by Gasteiger charge is -2.19. The van der Waals surface area contributed by atoms with Crippen molar-refractivity contribution in [3.63, 3.8) is 0 Å². The fourth-order valence-corrected chi connectivity index (χ4v) is 3.33. The summed E-state index contributed by atoms with van der Waals surface area (Å²) in [6.07, 6.45) is 1.73. The van der Waals surface area contributed by atoms with E-state index in [2.05, 4.69) is 10.4 Å². The van der Waals surface area contributed by atoms with Gasteiger partial charge < -0.3 is 15.0 Å². The molecule has 7 nitrogen and oxygen atoms in total. The van der Waals surface area contributed by atoms with Crippen molar-refractivity contribution in [1.29, 1.82) is 0 Å². The molecule has 1 heterocycles. The van der Waals surface area contributed by atoms with E-state index in [-0.39, 0.29) is 18.4 Å².